The fraction of sp³-hybridized carbons (Fsp3) is 0.500. The Morgan fingerprint density at radius 3 is 3.15 bits per heavy atom. The number of aliphatic hydroxyl groups is 1. The number of aromatic nitrogens is 2. The summed E-state index contributed by atoms with van der Waals surface area (Å²) in [6.07, 6.45) is 1.65. The number of hydrogen-bond donors (Lipinski definition) is 1. The van der Waals surface area contributed by atoms with Crippen LogP contribution < -0.4 is 0 Å². The van der Waals surface area contributed by atoms with Crippen molar-refractivity contribution in [1.29, 1.82) is 0 Å². The predicted molar refractivity (Wildman–Crippen MR) is 50.6 cm³/mol. The smallest absolute Gasteiger partial charge is 0.187 e. The first-order chi connectivity index (χ1) is 6.36. The van der Waals surface area contributed by atoms with E-state index in [-0.39, 0.29) is 6.61 Å². The van der Waals surface area contributed by atoms with Gasteiger partial charge in [-0.2, -0.15) is 0 Å². The average molecular weight is 200 g/mol. The van der Waals surface area contributed by atoms with Crippen LogP contribution in [0.25, 0.3) is 0 Å². The van der Waals surface area contributed by atoms with Crippen LogP contribution in [0.1, 0.15) is 5.69 Å². The molecule has 0 atom stereocenters. The highest BCUT2D eigenvalue weighted by Gasteiger charge is 1.98. The van der Waals surface area contributed by atoms with Gasteiger partial charge in [-0.25, -0.2) is 9.97 Å². The van der Waals surface area contributed by atoms with Crippen molar-refractivity contribution >= 4 is 11.8 Å². The summed E-state index contributed by atoms with van der Waals surface area (Å²) >= 11 is 1.52. The van der Waals surface area contributed by atoms with Crippen LogP contribution >= 0.6 is 11.8 Å². The van der Waals surface area contributed by atoms with Crippen molar-refractivity contribution < 1.29 is 9.84 Å². The number of rotatable bonds is 5. The van der Waals surface area contributed by atoms with Gasteiger partial charge in [0.2, 0.25) is 0 Å². The zero-order valence-electron chi connectivity index (χ0n) is 7.43. The molecule has 4 nitrogen and oxygen atoms in total. The Kier molecular flexibility index (Phi) is 4.74. The third-order valence-corrected chi connectivity index (χ3v) is 2.20. The first-order valence-electron chi connectivity index (χ1n) is 3.91. The first kappa shape index (κ1) is 10.4. The largest absolute Gasteiger partial charge is 0.390 e. The van der Waals surface area contributed by atoms with Crippen molar-refractivity contribution in [2.24, 2.45) is 0 Å². The van der Waals surface area contributed by atoms with Crippen LogP contribution in [-0.4, -0.2) is 34.5 Å². The molecule has 0 amide bonds. The van der Waals surface area contributed by atoms with E-state index in [2.05, 4.69) is 9.97 Å². The minimum atomic E-state index is -0.0413. The second-order valence-corrected chi connectivity index (χ2v) is 3.39. The van der Waals surface area contributed by atoms with E-state index in [9.17, 15) is 0 Å². The maximum absolute atomic E-state index is 8.81. The summed E-state index contributed by atoms with van der Waals surface area (Å²) in [5.41, 5.74) is 0.648. The lowest BCUT2D eigenvalue weighted by atomic mass is 10.4. The third-order valence-electron chi connectivity index (χ3n) is 1.37. The zero-order chi connectivity index (χ0) is 9.52. The molecule has 5 heteroatoms. The molecule has 0 aliphatic rings. The fourth-order valence-electron chi connectivity index (χ4n) is 0.750. The summed E-state index contributed by atoms with van der Waals surface area (Å²) in [5.74, 6) is 0.825. The van der Waals surface area contributed by atoms with Crippen LogP contribution in [0, 0.1) is 0 Å². The molecule has 1 N–H and O–H groups in total. The van der Waals surface area contributed by atoms with Crippen molar-refractivity contribution in [1.82, 2.24) is 9.97 Å². The van der Waals surface area contributed by atoms with Gasteiger partial charge in [-0.15, -0.1) is 0 Å². The molecule has 0 aliphatic carbocycles. The van der Waals surface area contributed by atoms with E-state index in [1.54, 1.807) is 19.4 Å². The Bertz CT molecular complexity index is 258. The molecule has 1 aromatic heterocycles. The summed E-state index contributed by atoms with van der Waals surface area (Å²) in [6.45, 7) is 0.637. The fourth-order valence-corrected chi connectivity index (χ4v) is 1.50. The minimum absolute atomic E-state index is 0.0413. The molecule has 0 bridgehead atoms. The van der Waals surface area contributed by atoms with Gasteiger partial charge in [0.1, 0.15) is 0 Å². The van der Waals surface area contributed by atoms with Gasteiger partial charge in [-0.1, -0.05) is 11.8 Å². The lowest BCUT2D eigenvalue weighted by molar-refractivity contribution is 0.218. The number of thioether (sulfide) groups is 1. The van der Waals surface area contributed by atoms with Gasteiger partial charge < -0.3 is 9.84 Å². The number of hydrogen-bond acceptors (Lipinski definition) is 5. The summed E-state index contributed by atoms with van der Waals surface area (Å²) in [7, 11) is 1.66. The van der Waals surface area contributed by atoms with E-state index in [1.165, 1.54) is 11.8 Å². The van der Waals surface area contributed by atoms with Crippen molar-refractivity contribution in [3.63, 3.8) is 0 Å². The van der Waals surface area contributed by atoms with Crippen LogP contribution in [0.4, 0.5) is 0 Å². The van der Waals surface area contributed by atoms with Crippen LogP contribution in [-0.2, 0) is 11.3 Å². The van der Waals surface area contributed by atoms with Crippen molar-refractivity contribution in [3.8, 4) is 0 Å². The number of nitrogens with zero attached hydrogens (tertiary/aromatic N) is 2. The molecule has 1 aromatic rings. The molecule has 0 saturated carbocycles. The highest BCUT2D eigenvalue weighted by Crippen LogP contribution is 2.11. The van der Waals surface area contributed by atoms with Gasteiger partial charge >= 0.3 is 0 Å². The highest BCUT2D eigenvalue weighted by molar-refractivity contribution is 7.99. The van der Waals surface area contributed by atoms with E-state index in [0.717, 1.165) is 5.75 Å². The van der Waals surface area contributed by atoms with E-state index < -0.39 is 0 Å². The summed E-state index contributed by atoms with van der Waals surface area (Å²) < 4.78 is 4.89. The topological polar surface area (TPSA) is 55.2 Å². The molecule has 0 spiro atoms. The lowest BCUT2D eigenvalue weighted by Crippen LogP contribution is -1.96. The van der Waals surface area contributed by atoms with E-state index in [4.69, 9.17) is 9.84 Å². The Morgan fingerprint density at radius 2 is 2.46 bits per heavy atom. The van der Waals surface area contributed by atoms with Crippen LogP contribution in [0.15, 0.2) is 17.4 Å². The third kappa shape index (κ3) is 3.71. The molecular formula is C8H12N2O2S. The lowest BCUT2D eigenvalue weighted by Gasteiger charge is -2.00. The zero-order valence-corrected chi connectivity index (χ0v) is 8.25. The second-order valence-electron chi connectivity index (χ2n) is 2.33. The van der Waals surface area contributed by atoms with Crippen LogP contribution in [0.3, 0.4) is 0 Å². The van der Waals surface area contributed by atoms with Crippen LogP contribution in [0.5, 0.6) is 0 Å². The number of ether oxygens (including phenoxy) is 1. The maximum Gasteiger partial charge on any atom is 0.187 e. The first-order valence-corrected chi connectivity index (χ1v) is 4.90. The molecule has 1 rings (SSSR count). The normalized spacial score (nSPS) is 10.3. The monoisotopic (exact) mass is 200 g/mol. The molecule has 0 unspecified atom stereocenters. The van der Waals surface area contributed by atoms with E-state index >= 15 is 0 Å². The highest BCUT2D eigenvalue weighted by atomic mass is 32.2. The SMILES string of the molecule is COCCSc1nccc(CO)n1. The van der Waals surface area contributed by atoms with Gasteiger partial charge in [-0.05, 0) is 6.07 Å². The summed E-state index contributed by atoms with van der Waals surface area (Å²) in [5, 5.41) is 9.49. The predicted octanol–water partition coefficient (Wildman–Crippen LogP) is 0.707. The molecule has 0 aromatic carbocycles. The molecule has 72 valence electrons. The molecular weight excluding hydrogens is 188 g/mol. The van der Waals surface area contributed by atoms with E-state index in [0.29, 0.717) is 17.5 Å². The van der Waals surface area contributed by atoms with Crippen molar-refractivity contribution in [2.75, 3.05) is 19.5 Å². The maximum atomic E-state index is 8.81. The summed E-state index contributed by atoms with van der Waals surface area (Å²) in [4.78, 5) is 8.15. The van der Waals surface area contributed by atoms with Gasteiger partial charge in [-0.3, -0.25) is 0 Å². The second kappa shape index (κ2) is 5.90. The molecule has 0 saturated heterocycles. The van der Waals surface area contributed by atoms with Crippen molar-refractivity contribution in [3.05, 3.63) is 18.0 Å². The molecule has 1 heterocycles. The summed E-state index contributed by atoms with van der Waals surface area (Å²) in [6, 6.07) is 1.69. The molecule has 0 fully saturated rings. The Labute approximate surface area is 81.4 Å². The van der Waals surface area contributed by atoms with Crippen molar-refractivity contribution in [2.45, 2.75) is 11.8 Å². The molecule has 0 radical (unpaired) electrons. The van der Waals surface area contributed by atoms with Gasteiger partial charge in [0.25, 0.3) is 0 Å². The quantitative estimate of drug-likeness (QED) is 0.431. The van der Waals surface area contributed by atoms with E-state index in [1.807, 2.05) is 0 Å². The number of methoxy groups -OCH3 is 1. The van der Waals surface area contributed by atoms with Gasteiger partial charge in [0.05, 0.1) is 18.9 Å². The number of aliphatic hydroxyl groups excluding tert-OH is 1. The molecule has 0 aliphatic heterocycles. The Morgan fingerprint density at radius 1 is 1.62 bits per heavy atom. The van der Waals surface area contributed by atoms with Gasteiger partial charge in [0.15, 0.2) is 5.16 Å². The minimum Gasteiger partial charge on any atom is -0.390 e. The Hall–Kier alpha value is -0.650. The standard InChI is InChI=1S/C8H12N2O2S/c1-12-4-5-13-8-9-3-2-7(6-11)10-8/h2-3,11H,4-6H2,1H3. The average Bonchev–Trinajstić information content (AvgIpc) is 2.19. The van der Waals surface area contributed by atoms with Crippen LogP contribution in [0.2, 0.25) is 0 Å². The van der Waals surface area contributed by atoms with Gasteiger partial charge in [0, 0.05) is 19.1 Å². The molecule has 13 heavy (non-hydrogen) atoms. The Balaban J connectivity index is 2.46.